The number of benzene rings is 2. The number of hydrogen-bond acceptors (Lipinski definition) is 9. The van der Waals surface area contributed by atoms with Crippen molar-refractivity contribution in [1.82, 2.24) is 20.3 Å². The summed E-state index contributed by atoms with van der Waals surface area (Å²) in [5.74, 6) is 1.62. The Labute approximate surface area is 227 Å². The molecule has 0 spiro atoms. The number of nitrogens with one attached hydrogen (secondary N) is 2. The fraction of sp³-hybridized carbons (Fsp3) is 0.321. The molecule has 0 saturated carbocycles. The van der Waals surface area contributed by atoms with E-state index in [1.807, 2.05) is 6.92 Å². The van der Waals surface area contributed by atoms with Crippen LogP contribution in [0, 0.1) is 6.92 Å². The summed E-state index contributed by atoms with van der Waals surface area (Å²) in [7, 11) is -0.381. The zero-order chi connectivity index (χ0) is 28.3. The first-order valence-corrected chi connectivity index (χ1v) is 14.3. The lowest BCUT2D eigenvalue weighted by atomic mass is 10.0. The maximum Gasteiger partial charge on any atom is 0.262 e. The number of H-pyrrole nitrogens is 1. The van der Waals surface area contributed by atoms with Crippen molar-refractivity contribution in [3.8, 4) is 40.0 Å². The number of sulfone groups is 1. The number of rotatable bonds is 10. The Morgan fingerprint density at radius 2 is 1.77 bits per heavy atom. The van der Waals surface area contributed by atoms with E-state index in [9.17, 15) is 13.2 Å². The highest BCUT2D eigenvalue weighted by atomic mass is 32.2. The summed E-state index contributed by atoms with van der Waals surface area (Å²) in [5, 5.41) is 3.61. The van der Waals surface area contributed by atoms with Crippen LogP contribution in [0.15, 0.2) is 52.2 Å². The maximum atomic E-state index is 13.1. The normalized spacial score (nSPS) is 11.7. The van der Waals surface area contributed by atoms with Crippen LogP contribution in [0.3, 0.4) is 0 Å². The third-order valence-corrected chi connectivity index (χ3v) is 7.21. The fourth-order valence-electron chi connectivity index (χ4n) is 4.14. The number of nitrogens with zero attached hydrogens (tertiary/aromatic N) is 2. The molecule has 2 aromatic carbocycles. The van der Waals surface area contributed by atoms with Gasteiger partial charge in [0.15, 0.2) is 15.7 Å². The second-order valence-corrected chi connectivity index (χ2v) is 11.4. The van der Waals surface area contributed by atoms with Crippen molar-refractivity contribution in [2.45, 2.75) is 31.7 Å². The molecule has 0 aliphatic carbocycles. The number of fused-ring (bicyclic) bond motifs is 1. The van der Waals surface area contributed by atoms with Crippen LogP contribution in [0.2, 0.25) is 0 Å². The van der Waals surface area contributed by atoms with Crippen molar-refractivity contribution >= 4 is 20.7 Å². The molecule has 2 aromatic heterocycles. The lowest BCUT2D eigenvalue weighted by Crippen LogP contribution is -2.27. The Balaban J connectivity index is 1.85. The first-order chi connectivity index (χ1) is 18.5. The monoisotopic (exact) mass is 552 g/mol. The quantitative estimate of drug-likeness (QED) is 0.282. The lowest BCUT2D eigenvalue weighted by Gasteiger charge is -2.16. The first-order valence-electron chi connectivity index (χ1n) is 12.4. The van der Waals surface area contributed by atoms with Gasteiger partial charge >= 0.3 is 0 Å². The largest absolute Gasteiger partial charge is 0.497 e. The highest BCUT2D eigenvalue weighted by Crippen LogP contribution is 2.34. The number of ether oxygens (including phenoxy) is 3. The van der Waals surface area contributed by atoms with Crippen molar-refractivity contribution in [2.24, 2.45) is 0 Å². The minimum atomic E-state index is -3.38. The van der Waals surface area contributed by atoms with Gasteiger partial charge in [0.05, 0.1) is 24.6 Å². The number of pyridine rings is 1. The predicted octanol–water partition coefficient (Wildman–Crippen LogP) is 3.76. The van der Waals surface area contributed by atoms with Crippen LogP contribution >= 0.6 is 0 Å². The molecule has 0 radical (unpaired) electrons. The molecule has 0 aliphatic rings. The molecule has 0 atom stereocenters. The van der Waals surface area contributed by atoms with E-state index < -0.39 is 9.84 Å². The fourth-order valence-corrected chi connectivity index (χ4v) is 4.85. The Hall–Kier alpha value is -3.96. The zero-order valence-electron chi connectivity index (χ0n) is 22.8. The van der Waals surface area contributed by atoms with E-state index in [0.29, 0.717) is 69.9 Å². The first kappa shape index (κ1) is 28.1. The van der Waals surface area contributed by atoms with Crippen LogP contribution in [0.1, 0.15) is 19.4 Å². The second kappa shape index (κ2) is 11.4. The van der Waals surface area contributed by atoms with E-state index >= 15 is 0 Å². The number of hydrogen-bond donors (Lipinski definition) is 2. The molecule has 39 heavy (non-hydrogen) atoms. The maximum absolute atomic E-state index is 13.1. The van der Waals surface area contributed by atoms with Gasteiger partial charge in [0.1, 0.15) is 40.6 Å². The zero-order valence-corrected chi connectivity index (χ0v) is 23.6. The molecule has 0 unspecified atom stereocenters. The predicted molar refractivity (Wildman–Crippen MR) is 151 cm³/mol. The highest BCUT2D eigenvalue weighted by molar-refractivity contribution is 7.90. The summed E-state index contributed by atoms with van der Waals surface area (Å²) >= 11 is 0. The summed E-state index contributed by atoms with van der Waals surface area (Å²) in [6, 6.07) is 12.0. The Morgan fingerprint density at radius 1 is 1.00 bits per heavy atom. The topological polar surface area (TPSA) is 132 Å². The minimum Gasteiger partial charge on any atom is -0.497 e. The number of aromatic nitrogens is 3. The van der Waals surface area contributed by atoms with Crippen LogP contribution in [0.4, 0.5) is 0 Å². The van der Waals surface area contributed by atoms with Crippen molar-refractivity contribution in [3.63, 3.8) is 0 Å². The van der Waals surface area contributed by atoms with Gasteiger partial charge in [-0.1, -0.05) is 19.9 Å². The third kappa shape index (κ3) is 6.21. The summed E-state index contributed by atoms with van der Waals surface area (Å²) < 4.78 is 41.0. The summed E-state index contributed by atoms with van der Waals surface area (Å²) in [4.78, 5) is 25.5. The summed E-state index contributed by atoms with van der Waals surface area (Å²) in [5.41, 5.74) is 2.32. The molecule has 0 amide bonds. The van der Waals surface area contributed by atoms with E-state index in [2.05, 4.69) is 29.1 Å². The summed E-state index contributed by atoms with van der Waals surface area (Å²) in [6.45, 7) is 6.95. The van der Waals surface area contributed by atoms with Gasteiger partial charge in [-0.2, -0.15) is 0 Å². The van der Waals surface area contributed by atoms with E-state index in [4.69, 9.17) is 19.2 Å². The van der Waals surface area contributed by atoms with Gasteiger partial charge in [0, 0.05) is 36.5 Å². The Kier molecular flexibility index (Phi) is 8.22. The lowest BCUT2D eigenvalue weighted by molar-refractivity contribution is 0.309. The molecule has 0 fully saturated rings. The molecule has 0 saturated heterocycles. The van der Waals surface area contributed by atoms with E-state index in [-0.39, 0.29) is 16.3 Å². The van der Waals surface area contributed by atoms with Crippen LogP contribution in [-0.2, 0) is 9.84 Å². The molecule has 0 bridgehead atoms. The van der Waals surface area contributed by atoms with Crippen LogP contribution < -0.4 is 25.1 Å². The Bertz CT molecular complexity index is 1680. The molecular formula is C28H32N4O6S. The van der Waals surface area contributed by atoms with Crippen molar-refractivity contribution in [3.05, 3.63) is 58.4 Å². The van der Waals surface area contributed by atoms with Crippen molar-refractivity contribution in [1.29, 1.82) is 0 Å². The molecule has 206 valence electrons. The average Bonchev–Trinajstić information content (AvgIpc) is 2.89. The van der Waals surface area contributed by atoms with E-state index in [1.165, 1.54) is 20.5 Å². The van der Waals surface area contributed by atoms with Gasteiger partial charge in [0.2, 0.25) is 0 Å². The number of aromatic amines is 1. The third-order valence-electron chi connectivity index (χ3n) is 6.10. The van der Waals surface area contributed by atoms with Gasteiger partial charge in [-0.15, -0.1) is 0 Å². The molecule has 10 nitrogen and oxygen atoms in total. The second-order valence-electron chi connectivity index (χ2n) is 9.39. The van der Waals surface area contributed by atoms with Gasteiger partial charge in [-0.25, -0.2) is 18.4 Å². The van der Waals surface area contributed by atoms with Crippen molar-refractivity contribution in [2.75, 3.05) is 33.6 Å². The molecule has 0 aliphatic heterocycles. The Morgan fingerprint density at radius 3 is 2.41 bits per heavy atom. The molecule has 2 N–H and O–H groups in total. The SMILES string of the molecule is COc1cc(OC)c2c(=O)[nH]c(-c3ccc(OCCNC(C)C)c(-c4ccc(S(C)(=O)=O)cc4C)n3)nc2c1. The van der Waals surface area contributed by atoms with Gasteiger partial charge in [-0.05, 0) is 36.8 Å². The molecular weight excluding hydrogens is 520 g/mol. The highest BCUT2D eigenvalue weighted by Gasteiger charge is 2.18. The van der Waals surface area contributed by atoms with Crippen LogP contribution in [0.25, 0.3) is 33.7 Å². The average molecular weight is 553 g/mol. The molecule has 11 heteroatoms. The minimum absolute atomic E-state index is 0.215. The summed E-state index contributed by atoms with van der Waals surface area (Å²) in [6.07, 6.45) is 1.17. The van der Waals surface area contributed by atoms with Gasteiger partial charge in [-0.3, -0.25) is 4.79 Å². The molecule has 4 rings (SSSR count). The van der Waals surface area contributed by atoms with Crippen LogP contribution in [0.5, 0.6) is 17.2 Å². The van der Waals surface area contributed by atoms with Gasteiger partial charge in [0.25, 0.3) is 5.56 Å². The van der Waals surface area contributed by atoms with Crippen LogP contribution in [-0.4, -0.2) is 63.0 Å². The van der Waals surface area contributed by atoms with Crippen molar-refractivity contribution < 1.29 is 22.6 Å². The standard InChI is InChI=1S/C28H32N4O6S/c1-16(2)29-11-12-38-23-10-9-21(30-26(23)20-8-7-19(13-17(20)3)39(6,34)35)27-31-22-14-18(36-4)15-24(37-5)25(22)28(33)32-27/h7-10,13-16,29H,11-12H2,1-6H3,(H,31,32,33). The van der Waals surface area contributed by atoms with E-state index in [1.54, 1.807) is 42.5 Å². The molecule has 2 heterocycles. The van der Waals surface area contributed by atoms with E-state index in [0.717, 1.165) is 0 Å². The molecule has 4 aromatic rings. The number of methoxy groups -OCH3 is 2. The van der Waals surface area contributed by atoms with Gasteiger partial charge < -0.3 is 24.5 Å². The smallest absolute Gasteiger partial charge is 0.262 e. The number of aryl methyl sites for hydroxylation is 1.